The van der Waals surface area contributed by atoms with Crippen LogP contribution in [0.5, 0.6) is 5.75 Å². The maximum Gasteiger partial charge on any atom is 0.419 e. The molecule has 1 amide bonds. The predicted octanol–water partition coefficient (Wildman–Crippen LogP) is 4.31. The Bertz CT molecular complexity index is 1450. The standard InChI is InChI=1S/C26H25F3N6O2/c27-26(28,29)21-11-16(1-2-22(21)36)25(37)33-9-5-18(6-10-33)35-13-19(14-35)34-8-4-17(12-34)23-20-3-7-30-24(20)32-15-31-23/h1-4,7-8,11-12,15,18-19,36H,5-6,9-10,13-14H2,(H,30,31,32). The number of carbonyl (C=O) groups is 1. The van der Waals surface area contributed by atoms with Crippen LogP contribution in [0.25, 0.3) is 22.3 Å². The third kappa shape index (κ3) is 4.33. The minimum Gasteiger partial charge on any atom is -0.507 e. The Morgan fingerprint density at radius 3 is 2.59 bits per heavy atom. The molecular formula is C26H25F3N6O2. The first kappa shape index (κ1) is 23.5. The number of piperidine rings is 1. The highest BCUT2D eigenvalue weighted by atomic mass is 19.4. The van der Waals surface area contributed by atoms with Crippen molar-refractivity contribution >= 4 is 16.9 Å². The van der Waals surface area contributed by atoms with E-state index < -0.39 is 23.4 Å². The number of phenols is 1. The van der Waals surface area contributed by atoms with E-state index in [2.05, 4.69) is 42.9 Å². The number of aromatic amines is 1. The van der Waals surface area contributed by atoms with E-state index in [4.69, 9.17) is 0 Å². The summed E-state index contributed by atoms with van der Waals surface area (Å²) < 4.78 is 41.6. The van der Waals surface area contributed by atoms with Gasteiger partial charge in [0.05, 0.1) is 17.3 Å². The van der Waals surface area contributed by atoms with Gasteiger partial charge >= 0.3 is 6.18 Å². The first-order chi connectivity index (χ1) is 17.8. The molecule has 2 N–H and O–H groups in total. The molecule has 2 fully saturated rings. The topological polar surface area (TPSA) is 90.3 Å². The Kier molecular flexibility index (Phi) is 5.67. The summed E-state index contributed by atoms with van der Waals surface area (Å²) >= 11 is 0. The molecule has 8 nitrogen and oxygen atoms in total. The molecule has 4 aromatic rings. The number of likely N-dealkylation sites (tertiary alicyclic amines) is 2. The number of alkyl halides is 3. The van der Waals surface area contributed by atoms with Gasteiger partial charge in [-0.3, -0.25) is 9.69 Å². The monoisotopic (exact) mass is 510 g/mol. The van der Waals surface area contributed by atoms with E-state index in [-0.39, 0.29) is 5.56 Å². The maximum absolute atomic E-state index is 13.1. The molecule has 0 aliphatic carbocycles. The summed E-state index contributed by atoms with van der Waals surface area (Å²) in [6, 6.07) is 7.64. The van der Waals surface area contributed by atoms with Gasteiger partial charge in [-0.1, -0.05) is 0 Å². The molecule has 2 aliphatic heterocycles. The van der Waals surface area contributed by atoms with E-state index in [1.807, 2.05) is 12.3 Å². The third-order valence-electron chi connectivity index (χ3n) is 7.47. The lowest BCUT2D eigenvalue weighted by atomic mass is 9.96. The van der Waals surface area contributed by atoms with Crippen LogP contribution in [-0.2, 0) is 6.18 Å². The number of aromatic hydroxyl groups is 1. The van der Waals surface area contributed by atoms with Crippen LogP contribution in [0.1, 0.15) is 34.8 Å². The number of hydrogen-bond donors (Lipinski definition) is 2. The predicted molar refractivity (Wildman–Crippen MR) is 130 cm³/mol. The molecule has 0 unspecified atom stereocenters. The van der Waals surface area contributed by atoms with Gasteiger partial charge < -0.3 is 19.6 Å². The summed E-state index contributed by atoms with van der Waals surface area (Å²) in [6.07, 6.45) is 4.43. The Morgan fingerprint density at radius 2 is 1.84 bits per heavy atom. The molecule has 3 aromatic heterocycles. The molecule has 2 aliphatic rings. The van der Waals surface area contributed by atoms with Gasteiger partial charge in [-0.25, -0.2) is 9.97 Å². The minimum atomic E-state index is -4.72. The van der Waals surface area contributed by atoms with E-state index in [9.17, 15) is 23.1 Å². The molecule has 0 saturated carbocycles. The van der Waals surface area contributed by atoms with Crippen LogP contribution in [0, 0.1) is 0 Å². The molecule has 11 heteroatoms. The summed E-state index contributed by atoms with van der Waals surface area (Å²) in [6.45, 7) is 2.79. The van der Waals surface area contributed by atoms with Crippen molar-refractivity contribution in [2.45, 2.75) is 31.1 Å². The van der Waals surface area contributed by atoms with Crippen LogP contribution >= 0.6 is 0 Å². The molecule has 0 bridgehead atoms. The van der Waals surface area contributed by atoms with Gasteiger partial charge in [-0.15, -0.1) is 0 Å². The van der Waals surface area contributed by atoms with Crippen molar-refractivity contribution in [1.82, 2.24) is 29.3 Å². The molecule has 0 spiro atoms. The van der Waals surface area contributed by atoms with Gasteiger partial charge in [-0.2, -0.15) is 13.2 Å². The second-order valence-corrected chi connectivity index (χ2v) is 9.67. The van der Waals surface area contributed by atoms with Crippen molar-refractivity contribution in [3.05, 3.63) is 66.4 Å². The first-order valence-electron chi connectivity index (χ1n) is 12.2. The van der Waals surface area contributed by atoms with Crippen molar-refractivity contribution < 1.29 is 23.1 Å². The average molecular weight is 511 g/mol. The summed E-state index contributed by atoms with van der Waals surface area (Å²) in [5.74, 6) is -1.31. The number of fused-ring (bicyclic) bond motifs is 1. The number of aromatic nitrogens is 4. The Balaban J connectivity index is 1.04. The smallest absolute Gasteiger partial charge is 0.419 e. The normalized spacial score (nSPS) is 17.9. The van der Waals surface area contributed by atoms with Crippen molar-refractivity contribution in [2.24, 2.45) is 0 Å². The van der Waals surface area contributed by atoms with Crippen molar-refractivity contribution in [2.75, 3.05) is 26.2 Å². The van der Waals surface area contributed by atoms with Crippen LogP contribution in [-0.4, -0.2) is 72.6 Å². The zero-order valence-corrected chi connectivity index (χ0v) is 19.8. The van der Waals surface area contributed by atoms with Crippen LogP contribution in [0.2, 0.25) is 0 Å². The van der Waals surface area contributed by atoms with Crippen LogP contribution < -0.4 is 0 Å². The highest BCUT2D eigenvalue weighted by Gasteiger charge is 2.37. The molecule has 2 saturated heterocycles. The number of carbonyl (C=O) groups excluding carboxylic acids is 1. The largest absolute Gasteiger partial charge is 0.507 e. The highest BCUT2D eigenvalue weighted by molar-refractivity contribution is 5.94. The first-order valence-corrected chi connectivity index (χ1v) is 12.2. The van der Waals surface area contributed by atoms with E-state index in [1.54, 1.807) is 11.2 Å². The van der Waals surface area contributed by atoms with E-state index >= 15 is 0 Å². The van der Waals surface area contributed by atoms with Gasteiger partial charge in [0.1, 0.15) is 17.7 Å². The second kappa shape index (κ2) is 8.91. The van der Waals surface area contributed by atoms with Gasteiger partial charge in [0.2, 0.25) is 0 Å². The van der Waals surface area contributed by atoms with Crippen molar-refractivity contribution in [3.8, 4) is 17.0 Å². The number of nitrogens with zero attached hydrogens (tertiary/aromatic N) is 5. The van der Waals surface area contributed by atoms with E-state index in [1.165, 1.54) is 6.07 Å². The van der Waals surface area contributed by atoms with Crippen LogP contribution in [0.15, 0.2) is 55.2 Å². The highest BCUT2D eigenvalue weighted by Crippen LogP contribution is 2.37. The molecule has 37 heavy (non-hydrogen) atoms. The zero-order chi connectivity index (χ0) is 25.7. The molecule has 192 valence electrons. The number of halogens is 3. The lowest BCUT2D eigenvalue weighted by Crippen LogP contribution is -2.55. The Hall–Kier alpha value is -3.86. The quantitative estimate of drug-likeness (QED) is 0.427. The molecular weight excluding hydrogens is 485 g/mol. The van der Waals surface area contributed by atoms with Gasteiger partial charge in [-0.05, 0) is 43.2 Å². The third-order valence-corrected chi connectivity index (χ3v) is 7.47. The summed E-state index contributed by atoms with van der Waals surface area (Å²) in [7, 11) is 0. The summed E-state index contributed by atoms with van der Waals surface area (Å²) in [5, 5.41) is 10.5. The fraction of sp³-hybridized carbons (Fsp3) is 0.346. The van der Waals surface area contributed by atoms with Gasteiger partial charge in [0.25, 0.3) is 5.91 Å². The maximum atomic E-state index is 13.1. The zero-order valence-electron chi connectivity index (χ0n) is 19.8. The van der Waals surface area contributed by atoms with Crippen LogP contribution in [0.3, 0.4) is 0 Å². The number of phenolic OH excluding ortho intramolecular Hbond substituents is 1. The molecule has 0 atom stereocenters. The van der Waals surface area contributed by atoms with Crippen molar-refractivity contribution in [3.63, 3.8) is 0 Å². The number of H-pyrrole nitrogens is 1. The number of benzene rings is 1. The lowest BCUT2D eigenvalue weighted by Gasteiger charge is -2.47. The number of hydrogen-bond acceptors (Lipinski definition) is 5. The summed E-state index contributed by atoms with van der Waals surface area (Å²) in [4.78, 5) is 28.6. The van der Waals surface area contributed by atoms with E-state index in [0.29, 0.717) is 25.2 Å². The molecule has 6 rings (SSSR count). The van der Waals surface area contributed by atoms with Crippen molar-refractivity contribution in [1.29, 1.82) is 0 Å². The Morgan fingerprint density at radius 1 is 1.05 bits per heavy atom. The number of nitrogens with one attached hydrogen (secondary N) is 1. The second-order valence-electron chi connectivity index (χ2n) is 9.67. The summed E-state index contributed by atoms with van der Waals surface area (Å²) in [5.41, 5.74) is 1.50. The number of amides is 1. The Labute approximate surface area is 210 Å². The van der Waals surface area contributed by atoms with Gasteiger partial charge in [0.15, 0.2) is 0 Å². The minimum absolute atomic E-state index is 0.0587. The average Bonchev–Trinajstić information content (AvgIpc) is 3.53. The number of rotatable bonds is 4. The molecule has 1 aromatic carbocycles. The lowest BCUT2D eigenvalue weighted by molar-refractivity contribution is -0.138. The SMILES string of the molecule is O=C(c1ccc(O)c(C(F)(F)F)c1)N1CCC(N2CC(n3ccc(-c4ncnc5[nH]ccc45)c3)C2)CC1. The van der Waals surface area contributed by atoms with Crippen LogP contribution in [0.4, 0.5) is 13.2 Å². The fourth-order valence-corrected chi connectivity index (χ4v) is 5.37. The van der Waals surface area contributed by atoms with Gasteiger partial charge in [0, 0.05) is 67.3 Å². The molecule has 5 heterocycles. The van der Waals surface area contributed by atoms with E-state index in [0.717, 1.165) is 60.4 Å². The molecule has 0 radical (unpaired) electrons. The fourth-order valence-electron chi connectivity index (χ4n) is 5.37.